The zero-order valence-electron chi connectivity index (χ0n) is 19.0. The van der Waals surface area contributed by atoms with E-state index in [-0.39, 0.29) is 23.5 Å². The smallest absolute Gasteiger partial charge is 0.429 e. The molecule has 5 aromatic rings. The zero-order chi connectivity index (χ0) is 25.4. The van der Waals surface area contributed by atoms with Crippen molar-refractivity contribution in [2.24, 2.45) is 0 Å². The Bertz CT molecular complexity index is 1620. The normalized spacial score (nSPS) is 18.4. The monoisotopic (exact) mass is 522 g/mol. The van der Waals surface area contributed by atoms with Crippen molar-refractivity contribution >= 4 is 27.5 Å². The number of halogens is 3. The Morgan fingerprint density at radius 1 is 1.11 bits per heavy atom. The second kappa shape index (κ2) is 7.72. The maximum atomic E-state index is 14.1. The average molecular weight is 523 g/mol. The van der Waals surface area contributed by atoms with Crippen LogP contribution in [0.25, 0.3) is 21.8 Å². The van der Waals surface area contributed by atoms with Gasteiger partial charge in [0, 0.05) is 23.9 Å². The Hall–Kier alpha value is -4.06. The molecule has 7 rings (SSSR count). The summed E-state index contributed by atoms with van der Waals surface area (Å²) in [5.74, 6) is -2.15. The number of pyridine rings is 1. The van der Waals surface area contributed by atoms with E-state index in [4.69, 9.17) is 9.40 Å². The summed E-state index contributed by atoms with van der Waals surface area (Å²) in [4.78, 5) is 35.5. The lowest BCUT2D eigenvalue weighted by Gasteiger charge is -2.37. The summed E-state index contributed by atoms with van der Waals surface area (Å²) in [7, 11) is 0. The number of rotatable bonds is 3. The van der Waals surface area contributed by atoms with Gasteiger partial charge in [-0.25, -0.2) is 15.0 Å². The van der Waals surface area contributed by atoms with Crippen molar-refractivity contribution in [1.29, 1.82) is 0 Å². The number of nitrogens with zero attached hydrogens (tertiary/aromatic N) is 5. The average Bonchev–Trinajstić information content (AvgIpc) is 3.30. The summed E-state index contributed by atoms with van der Waals surface area (Å²) in [5, 5.41) is 0.566. The number of aromatic amines is 1. The maximum Gasteiger partial charge on any atom is 0.437 e. The van der Waals surface area contributed by atoms with Crippen LogP contribution in [0.5, 0.6) is 0 Å². The van der Waals surface area contributed by atoms with Crippen LogP contribution in [0.2, 0.25) is 0 Å². The number of benzene rings is 1. The van der Waals surface area contributed by atoms with Crippen LogP contribution < -0.4 is 0 Å². The van der Waals surface area contributed by atoms with Crippen LogP contribution in [0.3, 0.4) is 0 Å². The second-order valence-corrected chi connectivity index (χ2v) is 10.3. The Balaban J connectivity index is 1.38. The van der Waals surface area contributed by atoms with Crippen LogP contribution in [0.4, 0.5) is 13.2 Å². The van der Waals surface area contributed by atoms with E-state index in [1.165, 1.54) is 28.5 Å². The minimum absolute atomic E-state index is 0.0988. The summed E-state index contributed by atoms with van der Waals surface area (Å²) in [5.41, 5.74) is 0.585. The number of alkyl halides is 3. The molecule has 0 saturated heterocycles. The van der Waals surface area contributed by atoms with Gasteiger partial charge in [0.1, 0.15) is 16.7 Å². The minimum Gasteiger partial charge on any atom is -0.429 e. The van der Waals surface area contributed by atoms with Gasteiger partial charge >= 0.3 is 6.18 Å². The van der Waals surface area contributed by atoms with Crippen molar-refractivity contribution in [2.75, 3.05) is 6.54 Å². The van der Waals surface area contributed by atoms with Gasteiger partial charge in [-0.2, -0.15) is 13.2 Å². The first kappa shape index (κ1) is 22.2. The molecule has 0 unspecified atom stereocenters. The molecule has 12 heteroatoms. The third kappa shape index (κ3) is 3.46. The highest BCUT2D eigenvalue weighted by molar-refractivity contribution is 7.18. The van der Waals surface area contributed by atoms with E-state index in [1.807, 2.05) is 24.3 Å². The van der Waals surface area contributed by atoms with Gasteiger partial charge in [0.25, 0.3) is 5.91 Å². The van der Waals surface area contributed by atoms with Crippen molar-refractivity contribution in [2.45, 2.75) is 30.5 Å². The van der Waals surface area contributed by atoms with Gasteiger partial charge in [0.2, 0.25) is 11.7 Å². The van der Waals surface area contributed by atoms with Gasteiger partial charge in [-0.3, -0.25) is 9.78 Å². The molecule has 2 aliphatic rings. The van der Waals surface area contributed by atoms with Crippen LogP contribution in [0.1, 0.15) is 51.5 Å². The predicted octanol–water partition coefficient (Wildman–Crippen LogP) is 5.37. The van der Waals surface area contributed by atoms with E-state index in [0.29, 0.717) is 10.7 Å². The molecule has 186 valence electrons. The van der Waals surface area contributed by atoms with Crippen LogP contribution in [0, 0.1) is 0 Å². The molecule has 1 aromatic carbocycles. The van der Waals surface area contributed by atoms with Gasteiger partial charge in [0.05, 0.1) is 22.2 Å². The van der Waals surface area contributed by atoms with Gasteiger partial charge in [-0.15, -0.1) is 11.3 Å². The topological polar surface area (TPSA) is 101 Å². The molecule has 37 heavy (non-hydrogen) atoms. The first-order valence-corrected chi connectivity index (χ1v) is 12.4. The van der Waals surface area contributed by atoms with E-state index < -0.39 is 29.6 Å². The number of oxazole rings is 1. The van der Waals surface area contributed by atoms with Gasteiger partial charge in [-0.1, -0.05) is 18.2 Å². The number of thiazole rings is 1. The summed E-state index contributed by atoms with van der Waals surface area (Å²) >= 11 is 1.38. The van der Waals surface area contributed by atoms with Crippen molar-refractivity contribution < 1.29 is 22.4 Å². The number of aromatic nitrogens is 5. The molecular formula is C25H17F3N6O2S. The van der Waals surface area contributed by atoms with Gasteiger partial charge in [0.15, 0.2) is 5.69 Å². The number of amides is 1. The zero-order valence-corrected chi connectivity index (χ0v) is 19.8. The first-order chi connectivity index (χ1) is 17.8. The van der Waals surface area contributed by atoms with Gasteiger partial charge in [-0.05, 0) is 37.1 Å². The molecule has 8 nitrogen and oxygen atoms in total. The lowest BCUT2D eigenvalue weighted by atomic mass is 9.90. The number of carbonyl (C=O) groups excluding carboxylic acids is 1. The standard InChI is InChI=1S/C25H17F3N6O2S/c26-25(27,28)20-18(36-21(33-20)14-6-3-4-10-29-14)23(35)34-11-24(8-9-24)19-16(30-12-31-19)17(34)22-32-13-5-1-2-7-15(13)37-22/h1-7,10,12,17H,8-9,11H2,(H,30,31)/t17-/m0/s1. The number of H-pyrrole nitrogens is 1. The van der Waals surface area contributed by atoms with Crippen molar-refractivity contribution in [3.8, 4) is 11.6 Å². The van der Waals surface area contributed by atoms with E-state index in [0.717, 1.165) is 28.8 Å². The van der Waals surface area contributed by atoms with E-state index >= 15 is 0 Å². The molecule has 1 N–H and O–H groups in total. The SMILES string of the molecule is O=C(c1oc(-c2ccccn2)nc1C(F)(F)F)N1CC2(CC2)c2[nH]cnc2[C@H]1c1nc2ccccc2s1. The molecule has 1 fully saturated rings. The summed E-state index contributed by atoms with van der Waals surface area (Å²) < 4.78 is 48.6. The Kier molecular flexibility index (Phi) is 4.62. The quantitative estimate of drug-likeness (QED) is 0.342. The fourth-order valence-electron chi connectivity index (χ4n) is 4.97. The lowest BCUT2D eigenvalue weighted by Crippen LogP contribution is -2.46. The van der Waals surface area contributed by atoms with Crippen LogP contribution >= 0.6 is 11.3 Å². The van der Waals surface area contributed by atoms with E-state index in [9.17, 15) is 18.0 Å². The highest BCUT2D eigenvalue weighted by Crippen LogP contribution is 2.55. The highest BCUT2D eigenvalue weighted by atomic mass is 32.1. The molecule has 1 spiro atoms. The Morgan fingerprint density at radius 3 is 2.65 bits per heavy atom. The number of imidazole rings is 1. The number of hydrogen-bond donors (Lipinski definition) is 1. The molecule has 0 radical (unpaired) electrons. The van der Waals surface area contributed by atoms with Crippen molar-refractivity contribution in [3.05, 3.63) is 82.8 Å². The predicted molar refractivity (Wildman–Crippen MR) is 127 cm³/mol. The van der Waals surface area contributed by atoms with Crippen LogP contribution in [0.15, 0.2) is 59.4 Å². The fraction of sp³-hybridized carbons (Fsp3) is 0.240. The number of para-hydroxylation sites is 1. The Labute approximate surface area is 211 Å². The van der Waals surface area contributed by atoms with Gasteiger partial charge < -0.3 is 14.3 Å². The van der Waals surface area contributed by atoms with Crippen molar-refractivity contribution in [3.63, 3.8) is 0 Å². The molecule has 5 heterocycles. The van der Waals surface area contributed by atoms with Crippen molar-refractivity contribution in [1.82, 2.24) is 29.8 Å². The number of nitrogens with one attached hydrogen (secondary N) is 1. The Morgan fingerprint density at radius 2 is 1.92 bits per heavy atom. The molecule has 1 aliphatic carbocycles. The minimum atomic E-state index is -4.91. The molecule has 4 aromatic heterocycles. The van der Waals surface area contributed by atoms with E-state index in [1.54, 1.807) is 18.5 Å². The van der Waals surface area contributed by atoms with Crippen LogP contribution in [-0.2, 0) is 11.6 Å². The van der Waals surface area contributed by atoms with Crippen LogP contribution in [-0.4, -0.2) is 42.3 Å². The molecule has 1 amide bonds. The second-order valence-electron chi connectivity index (χ2n) is 9.21. The third-order valence-electron chi connectivity index (χ3n) is 6.88. The largest absolute Gasteiger partial charge is 0.437 e. The molecular weight excluding hydrogens is 505 g/mol. The highest BCUT2D eigenvalue weighted by Gasteiger charge is 2.56. The molecule has 1 aliphatic heterocycles. The van der Waals surface area contributed by atoms with E-state index in [2.05, 4.69) is 19.9 Å². The summed E-state index contributed by atoms with van der Waals surface area (Å²) in [6, 6.07) is 11.4. The third-order valence-corrected chi connectivity index (χ3v) is 7.96. The summed E-state index contributed by atoms with van der Waals surface area (Å²) in [6.45, 7) is 0.207. The molecule has 0 bridgehead atoms. The molecule has 1 saturated carbocycles. The number of hydrogen-bond acceptors (Lipinski definition) is 7. The molecule has 1 atom stereocenters. The fourth-order valence-corrected chi connectivity index (χ4v) is 6.06. The number of carbonyl (C=O) groups is 1. The first-order valence-electron chi connectivity index (χ1n) is 11.5. The maximum absolute atomic E-state index is 14.1. The number of fused-ring (bicyclic) bond motifs is 3. The lowest BCUT2D eigenvalue weighted by molar-refractivity contribution is -0.141. The summed E-state index contributed by atoms with van der Waals surface area (Å²) in [6.07, 6.45) is -0.343.